The van der Waals surface area contributed by atoms with Gasteiger partial charge in [-0.1, -0.05) is 61.3 Å². The van der Waals surface area contributed by atoms with Crippen molar-refractivity contribution in [3.63, 3.8) is 0 Å². The van der Waals surface area contributed by atoms with E-state index in [4.69, 9.17) is 11.6 Å². The Morgan fingerprint density at radius 2 is 2.00 bits per heavy atom. The molecule has 1 N–H and O–H groups in total. The van der Waals surface area contributed by atoms with Crippen molar-refractivity contribution in [2.24, 2.45) is 0 Å². The number of hydrogen-bond donors (Lipinski definition) is 1. The van der Waals surface area contributed by atoms with Gasteiger partial charge in [0.05, 0.1) is 6.54 Å². The minimum Gasteiger partial charge on any atom is -0.323 e. The predicted molar refractivity (Wildman–Crippen MR) is 114 cm³/mol. The van der Waals surface area contributed by atoms with E-state index in [1.54, 1.807) is 17.8 Å². The fourth-order valence-electron chi connectivity index (χ4n) is 3.55. The standard InChI is InChI=1S/C22H26ClFN2OS/c1-2-3-12-25(15-17-8-4-7-11-20(17)24)16-21(27)26-13-14-28-22(26)18-9-5-6-10-19(18)23/h4-11,22H,2-3,12-16H2,1H3/p+1/t22-/m1/s1. The molecule has 0 radical (unpaired) electrons. The van der Waals surface area contributed by atoms with Crippen LogP contribution in [0.5, 0.6) is 0 Å². The third-order valence-corrected chi connectivity index (χ3v) is 6.65. The van der Waals surface area contributed by atoms with Gasteiger partial charge in [-0.15, -0.1) is 11.8 Å². The van der Waals surface area contributed by atoms with Gasteiger partial charge in [0.25, 0.3) is 5.91 Å². The van der Waals surface area contributed by atoms with E-state index in [9.17, 15) is 9.18 Å². The number of unbranched alkanes of at least 4 members (excludes halogenated alkanes) is 1. The van der Waals surface area contributed by atoms with Crippen molar-refractivity contribution >= 4 is 29.3 Å². The molecule has 3 rings (SSSR count). The quantitative estimate of drug-likeness (QED) is 0.698. The van der Waals surface area contributed by atoms with Gasteiger partial charge in [-0.25, -0.2) is 4.39 Å². The summed E-state index contributed by atoms with van der Waals surface area (Å²) in [6.45, 7) is 4.60. The second kappa shape index (κ2) is 10.3. The van der Waals surface area contributed by atoms with Crippen molar-refractivity contribution in [3.8, 4) is 0 Å². The molecule has 1 heterocycles. The van der Waals surface area contributed by atoms with Gasteiger partial charge < -0.3 is 9.80 Å². The van der Waals surface area contributed by atoms with Crippen LogP contribution in [0.2, 0.25) is 5.02 Å². The smallest absolute Gasteiger partial charge is 0.278 e. The molecule has 1 fully saturated rings. The number of quaternary nitrogens is 1. The van der Waals surface area contributed by atoms with Crippen LogP contribution in [0.4, 0.5) is 4.39 Å². The summed E-state index contributed by atoms with van der Waals surface area (Å²) in [5, 5.41) is 0.656. The molecule has 6 heteroatoms. The maximum absolute atomic E-state index is 14.1. The third-order valence-electron chi connectivity index (χ3n) is 5.07. The predicted octanol–water partition coefficient (Wildman–Crippen LogP) is 3.94. The van der Waals surface area contributed by atoms with E-state index in [2.05, 4.69) is 6.92 Å². The number of hydrogen-bond acceptors (Lipinski definition) is 2. The maximum Gasteiger partial charge on any atom is 0.278 e. The highest BCUT2D eigenvalue weighted by molar-refractivity contribution is 7.99. The summed E-state index contributed by atoms with van der Waals surface area (Å²) in [5.41, 5.74) is 1.66. The van der Waals surface area contributed by atoms with Crippen molar-refractivity contribution in [3.05, 3.63) is 70.5 Å². The lowest BCUT2D eigenvalue weighted by molar-refractivity contribution is -0.906. The number of rotatable bonds is 8. The van der Waals surface area contributed by atoms with Crippen LogP contribution in [0.25, 0.3) is 0 Å². The summed E-state index contributed by atoms with van der Waals surface area (Å²) >= 11 is 8.12. The second-order valence-electron chi connectivity index (χ2n) is 7.13. The van der Waals surface area contributed by atoms with Gasteiger partial charge in [0.15, 0.2) is 6.54 Å². The summed E-state index contributed by atoms with van der Waals surface area (Å²) in [6.07, 6.45) is 2.07. The molecule has 1 aliphatic heterocycles. The van der Waals surface area contributed by atoms with E-state index < -0.39 is 0 Å². The third kappa shape index (κ3) is 5.28. The highest BCUT2D eigenvalue weighted by atomic mass is 35.5. The van der Waals surface area contributed by atoms with E-state index in [1.807, 2.05) is 41.3 Å². The number of halogens is 2. The van der Waals surface area contributed by atoms with Crippen LogP contribution < -0.4 is 4.90 Å². The van der Waals surface area contributed by atoms with E-state index in [0.717, 1.165) is 42.1 Å². The molecule has 3 nitrogen and oxygen atoms in total. The number of thioether (sulfide) groups is 1. The second-order valence-corrected chi connectivity index (χ2v) is 8.73. The zero-order valence-electron chi connectivity index (χ0n) is 16.2. The fourth-order valence-corrected chi connectivity index (χ4v) is 5.17. The normalized spacial score (nSPS) is 17.7. The van der Waals surface area contributed by atoms with E-state index in [1.165, 1.54) is 6.07 Å². The van der Waals surface area contributed by atoms with Gasteiger partial charge in [-0.2, -0.15) is 0 Å². The summed E-state index contributed by atoms with van der Waals surface area (Å²) in [7, 11) is 0. The highest BCUT2D eigenvalue weighted by Crippen LogP contribution is 2.40. The number of carbonyl (C=O) groups is 1. The lowest BCUT2D eigenvalue weighted by Gasteiger charge is -2.27. The van der Waals surface area contributed by atoms with Crippen molar-refractivity contribution < 1.29 is 14.1 Å². The summed E-state index contributed by atoms with van der Waals surface area (Å²) in [4.78, 5) is 16.2. The van der Waals surface area contributed by atoms with Crippen LogP contribution in [0.15, 0.2) is 48.5 Å². The average molecular weight is 422 g/mol. The van der Waals surface area contributed by atoms with Gasteiger partial charge in [0.1, 0.15) is 17.7 Å². The first-order valence-electron chi connectivity index (χ1n) is 9.82. The number of benzene rings is 2. The SMILES string of the molecule is CCCC[NH+](CC(=O)N1CCS[C@@H]1c1ccccc1Cl)Cc1ccccc1F. The topological polar surface area (TPSA) is 24.8 Å². The van der Waals surface area contributed by atoms with Gasteiger partial charge in [0.2, 0.25) is 0 Å². The fraction of sp³-hybridized carbons (Fsp3) is 0.409. The molecule has 150 valence electrons. The molecule has 0 aliphatic carbocycles. The molecule has 1 amide bonds. The number of amides is 1. The number of carbonyl (C=O) groups excluding carboxylic acids is 1. The van der Waals surface area contributed by atoms with E-state index in [0.29, 0.717) is 23.7 Å². The summed E-state index contributed by atoms with van der Waals surface area (Å²) in [6, 6.07) is 14.6. The summed E-state index contributed by atoms with van der Waals surface area (Å²) in [5.74, 6) is 0.811. The molecule has 1 unspecified atom stereocenters. The van der Waals surface area contributed by atoms with E-state index in [-0.39, 0.29) is 17.1 Å². The minimum atomic E-state index is -0.199. The first-order chi connectivity index (χ1) is 13.6. The summed E-state index contributed by atoms with van der Waals surface area (Å²) < 4.78 is 14.1. The highest BCUT2D eigenvalue weighted by Gasteiger charge is 2.33. The Labute approximate surface area is 175 Å². The zero-order chi connectivity index (χ0) is 19.9. The largest absolute Gasteiger partial charge is 0.323 e. The molecule has 0 bridgehead atoms. The van der Waals surface area contributed by atoms with Crippen LogP contribution in [-0.4, -0.2) is 36.2 Å². The number of nitrogens with one attached hydrogen (secondary N) is 1. The van der Waals surface area contributed by atoms with Crippen LogP contribution in [-0.2, 0) is 11.3 Å². The first kappa shape index (κ1) is 21.2. The molecular formula is C22H27ClFN2OS+. The molecular weight excluding hydrogens is 395 g/mol. The monoisotopic (exact) mass is 421 g/mol. The molecule has 1 aliphatic rings. The van der Waals surface area contributed by atoms with Crippen molar-refractivity contribution in [2.75, 3.05) is 25.4 Å². The molecule has 0 aromatic heterocycles. The molecule has 1 saturated heterocycles. The Hall–Kier alpha value is -1.56. The van der Waals surface area contributed by atoms with Crippen LogP contribution in [0, 0.1) is 5.82 Å². The minimum absolute atomic E-state index is 0.0397. The molecule has 0 spiro atoms. The van der Waals surface area contributed by atoms with Gasteiger partial charge in [0, 0.05) is 28.4 Å². The molecule has 2 aromatic carbocycles. The first-order valence-corrected chi connectivity index (χ1v) is 11.2. The lowest BCUT2D eigenvalue weighted by Crippen LogP contribution is -3.12. The van der Waals surface area contributed by atoms with Crippen molar-refractivity contribution in [2.45, 2.75) is 31.7 Å². The number of nitrogens with zero attached hydrogens (tertiary/aromatic N) is 1. The Morgan fingerprint density at radius 3 is 2.75 bits per heavy atom. The molecule has 0 saturated carbocycles. The van der Waals surface area contributed by atoms with Gasteiger partial charge >= 0.3 is 0 Å². The average Bonchev–Trinajstić information content (AvgIpc) is 3.18. The Balaban J connectivity index is 1.71. The van der Waals surface area contributed by atoms with Gasteiger partial charge in [-0.3, -0.25) is 4.79 Å². The Bertz CT molecular complexity index is 804. The lowest BCUT2D eigenvalue weighted by atomic mass is 10.1. The Kier molecular flexibility index (Phi) is 7.77. The van der Waals surface area contributed by atoms with Gasteiger partial charge in [-0.05, 0) is 18.6 Å². The van der Waals surface area contributed by atoms with Crippen molar-refractivity contribution in [1.82, 2.24) is 4.90 Å². The maximum atomic E-state index is 14.1. The molecule has 2 atom stereocenters. The van der Waals surface area contributed by atoms with Crippen molar-refractivity contribution in [1.29, 1.82) is 0 Å². The molecule has 28 heavy (non-hydrogen) atoms. The van der Waals surface area contributed by atoms with Crippen LogP contribution in [0.3, 0.4) is 0 Å². The zero-order valence-corrected chi connectivity index (χ0v) is 17.7. The van der Waals surface area contributed by atoms with Crippen LogP contribution in [0.1, 0.15) is 36.3 Å². The molecule has 2 aromatic rings. The van der Waals surface area contributed by atoms with E-state index >= 15 is 0 Å². The Morgan fingerprint density at radius 1 is 1.25 bits per heavy atom. The van der Waals surface area contributed by atoms with Crippen LogP contribution >= 0.6 is 23.4 Å².